The Labute approximate surface area is 117 Å². The van der Waals surface area contributed by atoms with Crippen molar-refractivity contribution in [3.63, 3.8) is 0 Å². The second kappa shape index (κ2) is 6.25. The third kappa shape index (κ3) is 3.18. The van der Waals surface area contributed by atoms with Crippen LogP contribution in [0.15, 0.2) is 0 Å². The summed E-state index contributed by atoms with van der Waals surface area (Å²) >= 11 is 0. The summed E-state index contributed by atoms with van der Waals surface area (Å²) < 4.78 is 0. The van der Waals surface area contributed by atoms with E-state index in [1.54, 1.807) is 0 Å². The molecule has 0 radical (unpaired) electrons. The first-order valence-electron chi connectivity index (χ1n) is 7.03. The summed E-state index contributed by atoms with van der Waals surface area (Å²) in [5.41, 5.74) is -0.149. The average molecular weight is 275 g/mol. The van der Waals surface area contributed by atoms with E-state index in [9.17, 15) is 4.79 Å². The monoisotopic (exact) mass is 274 g/mol. The molecule has 1 amide bonds. The van der Waals surface area contributed by atoms with Gasteiger partial charge in [-0.3, -0.25) is 4.79 Å². The molecule has 2 aliphatic rings. The van der Waals surface area contributed by atoms with Crippen LogP contribution in [0.5, 0.6) is 0 Å². The molecule has 0 aromatic heterocycles. The molecule has 2 atom stereocenters. The number of hydrogen-bond donors (Lipinski definition) is 1. The molecule has 0 bridgehead atoms. The Hall–Kier alpha value is -0.280. The first-order valence-corrected chi connectivity index (χ1v) is 7.03. The number of carbonyl (C=O) groups excluding carboxylic acids is 1. The minimum absolute atomic E-state index is 0. The van der Waals surface area contributed by atoms with Gasteiger partial charge in [-0.05, 0) is 44.6 Å². The number of rotatable bonds is 2. The van der Waals surface area contributed by atoms with Gasteiger partial charge in [-0.1, -0.05) is 13.8 Å². The third-order valence-electron chi connectivity index (χ3n) is 4.57. The summed E-state index contributed by atoms with van der Waals surface area (Å²) in [6, 6.07) is 0. The van der Waals surface area contributed by atoms with E-state index < -0.39 is 0 Å². The van der Waals surface area contributed by atoms with Crippen molar-refractivity contribution in [2.24, 2.45) is 17.3 Å². The number of nitrogens with zero attached hydrogens (tertiary/aromatic N) is 1. The van der Waals surface area contributed by atoms with Crippen molar-refractivity contribution in [2.75, 3.05) is 26.2 Å². The lowest BCUT2D eigenvalue weighted by atomic mass is 9.81. The van der Waals surface area contributed by atoms with Crippen LogP contribution in [0, 0.1) is 17.3 Å². The fourth-order valence-corrected chi connectivity index (χ4v) is 3.14. The highest BCUT2D eigenvalue weighted by Gasteiger charge is 2.40. The van der Waals surface area contributed by atoms with Gasteiger partial charge in [-0.25, -0.2) is 0 Å². The fraction of sp³-hybridized carbons (Fsp3) is 0.929. The van der Waals surface area contributed by atoms with E-state index in [0.29, 0.717) is 17.7 Å². The molecule has 2 fully saturated rings. The third-order valence-corrected chi connectivity index (χ3v) is 4.57. The van der Waals surface area contributed by atoms with Crippen LogP contribution in [0.3, 0.4) is 0 Å². The molecule has 2 heterocycles. The number of likely N-dealkylation sites (tertiary alicyclic amines) is 1. The molecule has 4 heteroatoms. The largest absolute Gasteiger partial charge is 0.342 e. The van der Waals surface area contributed by atoms with Crippen LogP contribution >= 0.6 is 12.4 Å². The lowest BCUT2D eigenvalue weighted by molar-refractivity contribution is -0.141. The molecule has 0 aromatic carbocycles. The van der Waals surface area contributed by atoms with Crippen molar-refractivity contribution in [3.8, 4) is 0 Å². The van der Waals surface area contributed by atoms with Gasteiger partial charge < -0.3 is 10.2 Å². The van der Waals surface area contributed by atoms with Gasteiger partial charge in [0.1, 0.15) is 0 Å². The molecule has 0 spiro atoms. The summed E-state index contributed by atoms with van der Waals surface area (Å²) in [6.07, 6.45) is 3.36. The Morgan fingerprint density at radius 3 is 2.67 bits per heavy atom. The zero-order valence-corrected chi connectivity index (χ0v) is 12.7. The van der Waals surface area contributed by atoms with E-state index in [1.807, 2.05) is 0 Å². The number of amides is 1. The SMILES string of the molecule is CC(C)C1CCN(C(=O)C2(C)CCCNC2)C1.Cl. The summed E-state index contributed by atoms with van der Waals surface area (Å²) in [4.78, 5) is 14.7. The Balaban J connectivity index is 0.00000162. The number of nitrogens with one attached hydrogen (secondary N) is 1. The summed E-state index contributed by atoms with van der Waals surface area (Å²) in [7, 11) is 0. The number of carbonyl (C=O) groups is 1. The van der Waals surface area contributed by atoms with Crippen molar-refractivity contribution >= 4 is 18.3 Å². The smallest absolute Gasteiger partial charge is 0.229 e. The molecule has 2 aliphatic heterocycles. The molecule has 0 aromatic rings. The van der Waals surface area contributed by atoms with Crippen molar-refractivity contribution in [1.29, 1.82) is 0 Å². The van der Waals surface area contributed by atoms with Gasteiger partial charge in [-0.15, -0.1) is 12.4 Å². The van der Waals surface area contributed by atoms with Crippen LogP contribution in [0.4, 0.5) is 0 Å². The molecule has 2 saturated heterocycles. The summed E-state index contributed by atoms with van der Waals surface area (Å²) in [6.45, 7) is 10.5. The molecule has 106 valence electrons. The van der Waals surface area contributed by atoms with Gasteiger partial charge in [0, 0.05) is 19.6 Å². The molecule has 18 heavy (non-hydrogen) atoms. The minimum atomic E-state index is -0.149. The zero-order valence-electron chi connectivity index (χ0n) is 11.9. The normalized spacial score (nSPS) is 32.4. The summed E-state index contributed by atoms with van der Waals surface area (Å²) in [5, 5.41) is 3.37. The molecular formula is C14H27ClN2O. The lowest BCUT2D eigenvalue weighted by Gasteiger charge is -2.36. The van der Waals surface area contributed by atoms with Crippen LogP contribution in [-0.4, -0.2) is 37.0 Å². The fourth-order valence-electron chi connectivity index (χ4n) is 3.14. The van der Waals surface area contributed by atoms with Gasteiger partial charge in [-0.2, -0.15) is 0 Å². The summed E-state index contributed by atoms with van der Waals surface area (Å²) in [5.74, 6) is 1.79. The molecule has 2 rings (SSSR count). The Bertz CT molecular complexity index is 288. The van der Waals surface area contributed by atoms with E-state index in [-0.39, 0.29) is 17.8 Å². The Morgan fingerprint density at radius 1 is 1.44 bits per heavy atom. The minimum Gasteiger partial charge on any atom is -0.342 e. The highest BCUT2D eigenvalue weighted by molar-refractivity contribution is 5.85. The predicted molar refractivity (Wildman–Crippen MR) is 77.0 cm³/mol. The van der Waals surface area contributed by atoms with Crippen LogP contribution in [0.25, 0.3) is 0 Å². The van der Waals surface area contributed by atoms with Crippen molar-refractivity contribution in [2.45, 2.75) is 40.0 Å². The first kappa shape index (κ1) is 15.8. The van der Waals surface area contributed by atoms with Gasteiger partial charge in [0.2, 0.25) is 5.91 Å². The van der Waals surface area contributed by atoms with Crippen LogP contribution < -0.4 is 5.32 Å². The predicted octanol–water partition coefficient (Wildman–Crippen LogP) is 2.30. The first-order chi connectivity index (χ1) is 8.03. The molecule has 3 nitrogen and oxygen atoms in total. The van der Waals surface area contributed by atoms with Gasteiger partial charge in [0.15, 0.2) is 0 Å². The molecule has 0 aliphatic carbocycles. The average Bonchev–Trinajstić information content (AvgIpc) is 2.78. The van der Waals surface area contributed by atoms with E-state index in [2.05, 4.69) is 31.0 Å². The quantitative estimate of drug-likeness (QED) is 0.838. The van der Waals surface area contributed by atoms with Gasteiger partial charge >= 0.3 is 0 Å². The van der Waals surface area contributed by atoms with E-state index in [0.717, 1.165) is 39.0 Å². The lowest BCUT2D eigenvalue weighted by Crippen LogP contribution is -2.49. The molecular weight excluding hydrogens is 248 g/mol. The maximum atomic E-state index is 12.6. The van der Waals surface area contributed by atoms with Crippen molar-refractivity contribution < 1.29 is 4.79 Å². The van der Waals surface area contributed by atoms with Crippen molar-refractivity contribution in [3.05, 3.63) is 0 Å². The molecule has 2 unspecified atom stereocenters. The topological polar surface area (TPSA) is 32.3 Å². The highest BCUT2D eigenvalue weighted by atomic mass is 35.5. The molecule has 0 saturated carbocycles. The maximum absolute atomic E-state index is 12.6. The molecule has 1 N–H and O–H groups in total. The second-order valence-electron chi connectivity index (χ2n) is 6.38. The number of hydrogen-bond acceptors (Lipinski definition) is 2. The van der Waals surface area contributed by atoms with E-state index in [4.69, 9.17) is 0 Å². The zero-order chi connectivity index (χ0) is 12.5. The number of piperidine rings is 1. The van der Waals surface area contributed by atoms with Crippen LogP contribution in [0.1, 0.15) is 40.0 Å². The van der Waals surface area contributed by atoms with Crippen LogP contribution in [-0.2, 0) is 4.79 Å². The Morgan fingerprint density at radius 2 is 2.17 bits per heavy atom. The second-order valence-corrected chi connectivity index (χ2v) is 6.38. The van der Waals surface area contributed by atoms with Crippen LogP contribution in [0.2, 0.25) is 0 Å². The number of halogens is 1. The highest BCUT2D eigenvalue weighted by Crippen LogP contribution is 2.32. The van der Waals surface area contributed by atoms with Crippen molar-refractivity contribution in [1.82, 2.24) is 10.2 Å². The maximum Gasteiger partial charge on any atom is 0.229 e. The van der Waals surface area contributed by atoms with Gasteiger partial charge in [0.25, 0.3) is 0 Å². The Kier molecular flexibility index (Phi) is 5.47. The standard InChI is InChI=1S/C14H26N2O.ClH/c1-11(2)12-5-8-16(9-12)13(17)14(3)6-4-7-15-10-14;/h11-12,15H,4-10H2,1-3H3;1H. The van der Waals surface area contributed by atoms with Gasteiger partial charge in [0.05, 0.1) is 5.41 Å². The van der Waals surface area contributed by atoms with E-state index >= 15 is 0 Å². The van der Waals surface area contributed by atoms with E-state index in [1.165, 1.54) is 6.42 Å².